The largest absolute Gasteiger partial charge is 0.467 e. The molecule has 2 aromatic rings. The summed E-state index contributed by atoms with van der Waals surface area (Å²) < 4.78 is 5.18. The molecule has 0 unspecified atom stereocenters. The summed E-state index contributed by atoms with van der Waals surface area (Å²) in [5.74, 6) is 0.805. The first-order valence-electron chi connectivity index (χ1n) is 5.92. The zero-order chi connectivity index (χ0) is 14.2. The molecule has 0 amide bonds. The molecule has 0 radical (unpaired) electrons. The average Bonchev–Trinajstić information content (AvgIpc) is 2.97. The van der Waals surface area contributed by atoms with Crippen LogP contribution in [0.25, 0.3) is 0 Å². The molecule has 104 valence electrons. The van der Waals surface area contributed by atoms with E-state index in [4.69, 9.17) is 28.9 Å². The van der Waals surface area contributed by atoms with E-state index in [-0.39, 0.29) is 0 Å². The first-order valence-corrected chi connectivity index (χ1v) is 6.74. The Morgan fingerprint density at radius 3 is 2.40 bits per heavy atom. The van der Waals surface area contributed by atoms with E-state index in [1.54, 1.807) is 6.26 Å². The second kappa shape index (κ2) is 7.46. The van der Waals surface area contributed by atoms with Gasteiger partial charge < -0.3 is 15.1 Å². The molecule has 5 nitrogen and oxygen atoms in total. The Morgan fingerprint density at radius 2 is 1.70 bits per heavy atom. The monoisotopic (exact) mass is 306 g/mol. The Kier molecular flexibility index (Phi) is 5.33. The van der Waals surface area contributed by atoms with Crippen molar-refractivity contribution in [2.24, 2.45) is 0 Å². The molecule has 1 heterocycles. The molecule has 0 saturated carbocycles. The summed E-state index contributed by atoms with van der Waals surface area (Å²) >= 11 is 10.2. The third kappa shape index (κ3) is 4.87. The molecule has 0 aliphatic carbocycles. The highest BCUT2D eigenvalue weighted by Gasteiger charge is 2.00. The zero-order valence-electron chi connectivity index (χ0n) is 10.6. The van der Waals surface area contributed by atoms with Crippen LogP contribution in [0.3, 0.4) is 0 Å². The minimum atomic E-state index is 0.429. The highest BCUT2D eigenvalue weighted by Crippen LogP contribution is 2.03. The van der Waals surface area contributed by atoms with Crippen LogP contribution >= 0.6 is 24.4 Å². The Balaban J connectivity index is 1.66. The van der Waals surface area contributed by atoms with Gasteiger partial charge in [-0.05, 0) is 48.7 Å². The molecular weight excluding hydrogens is 292 g/mol. The molecule has 0 spiro atoms. The highest BCUT2D eigenvalue weighted by molar-refractivity contribution is 7.80. The number of hydrogen-bond acceptors (Lipinski definition) is 3. The van der Waals surface area contributed by atoms with E-state index < -0.39 is 0 Å². The van der Waals surface area contributed by atoms with E-state index in [1.807, 2.05) is 42.5 Å². The van der Waals surface area contributed by atoms with Crippen LogP contribution in [-0.2, 0) is 6.54 Å². The van der Waals surface area contributed by atoms with Gasteiger partial charge in [-0.15, -0.1) is 0 Å². The van der Waals surface area contributed by atoms with Gasteiger partial charge in [0.25, 0.3) is 0 Å². The molecule has 1 aromatic carbocycles. The van der Waals surface area contributed by atoms with Crippen molar-refractivity contribution in [3.05, 3.63) is 54.5 Å². The van der Waals surface area contributed by atoms with Gasteiger partial charge in [-0.2, -0.15) is 0 Å². The maximum Gasteiger partial charge on any atom is 0.189 e. The van der Waals surface area contributed by atoms with Gasteiger partial charge in [-0.3, -0.25) is 10.9 Å². The van der Waals surface area contributed by atoms with Crippen LogP contribution in [0, 0.1) is 0 Å². The normalized spacial score (nSPS) is 9.60. The Labute approximate surface area is 127 Å². The fraction of sp³-hybridized carbons (Fsp3) is 0.0769. The molecule has 2 rings (SSSR count). The van der Waals surface area contributed by atoms with E-state index in [0.717, 1.165) is 11.4 Å². The molecule has 0 fully saturated rings. The number of hydrazine groups is 1. The van der Waals surface area contributed by atoms with Gasteiger partial charge in [0.2, 0.25) is 0 Å². The number of para-hydroxylation sites is 1. The van der Waals surface area contributed by atoms with Crippen LogP contribution < -0.4 is 21.5 Å². The van der Waals surface area contributed by atoms with Crippen molar-refractivity contribution in [3.63, 3.8) is 0 Å². The second-order valence-corrected chi connectivity index (χ2v) is 4.65. The quantitative estimate of drug-likeness (QED) is 0.512. The van der Waals surface area contributed by atoms with Crippen molar-refractivity contribution in [1.29, 1.82) is 0 Å². The minimum absolute atomic E-state index is 0.429. The Hall–Kier alpha value is -2.12. The van der Waals surface area contributed by atoms with Gasteiger partial charge in [-0.25, -0.2) is 0 Å². The van der Waals surface area contributed by atoms with Gasteiger partial charge in [0.1, 0.15) is 5.76 Å². The van der Waals surface area contributed by atoms with E-state index in [0.29, 0.717) is 16.8 Å². The number of rotatable bonds is 3. The van der Waals surface area contributed by atoms with Gasteiger partial charge in [0.15, 0.2) is 10.2 Å². The predicted molar refractivity (Wildman–Crippen MR) is 87.1 cm³/mol. The molecular formula is C13H14N4OS2. The maximum atomic E-state index is 5.18. The zero-order valence-corrected chi connectivity index (χ0v) is 12.2. The fourth-order valence-corrected chi connectivity index (χ4v) is 1.71. The SMILES string of the molecule is S=C(NCc1ccco1)NNC(=S)Nc1ccccc1. The molecule has 20 heavy (non-hydrogen) atoms. The van der Waals surface area contributed by atoms with Crippen LogP contribution in [0.4, 0.5) is 5.69 Å². The summed E-state index contributed by atoms with van der Waals surface area (Å²) in [5, 5.41) is 6.86. The number of hydrogen-bond donors (Lipinski definition) is 4. The third-order valence-corrected chi connectivity index (χ3v) is 2.78. The lowest BCUT2D eigenvalue weighted by Crippen LogP contribution is -2.47. The molecule has 7 heteroatoms. The summed E-state index contributed by atoms with van der Waals surface area (Å²) in [4.78, 5) is 0. The molecule has 0 atom stereocenters. The number of benzene rings is 1. The lowest BCUT2D eigenvalue weighted by atomic mass is 10.3. The van der Waals surface area contributed by atoms with E-state index in [1.165, 1.54) is 0 Å². The third-order valence-electron chi connectivity index (χ3n) is 2.32. The van der Waals surface area contributed by atoms with Crippen molar-refractivity contribution < 1.29 is 4.42 Å². The predicted octanol–water partition coefficient (Wildman–Crippen LogP) is 2.15. The topological polar surface area (TPSA) is 61.3 Å². The standard InChI is InChI=1S/C13H14N4OS2/c19-12(14-9-11-7-4-8-18-11)16-17-13(20)15-10-5-2-1-3-6-10/h1-8H,9H2,(H2,14,16,19)(H2,15,17,20). The average molecular weight is 306 g/mol. The van der Waals surface area contributed by atoms with Gasteiger partial charge in [0.05, 0.1) is 12.8 Å². The summed E-state index contributed by atoms with van der Waals surface area (Å²) in [7, 11) is 0. The first-order chi connectivity index (χ1) is 9.74. The van der Waals surface area contributed by atoms with Gasteiger partial charge in [-0.1, -0.05) is 18.2 Å². The van der Waals surface area contributed by atoms with Crippen LogP contribution in [0.1, 0.15) is 5.76 Å². The number of nitrogens with one attached hydrogen (secondary N) is 4. The maximum absolute atomic E-state index is 5.18. The van der Waals surface area contributed by atoms with Crippen molar-refractivity contribution in [2.75, 3.05) is 5.32 Å². The minimum Gasteiger partial charge on any atom is -0.467 e. The number of furan rings is 1. The summed E-state index contributed by atoms with van der Waals surface area (Å²) in [6.45, 7) is 0.513. The molecule has 0 aliphatic rings. The van der Waals surface area contributed by atoms with Crippen molar-refractivity contribution in [2.45, 2.75) is 6.54 Å². The summed E-state index contributed by atoms with van der Waals surface area (Å²) in [6.07, 6.45) is 1.62. The summed E-state index contributed by atoms with van der Waals surface area (Å²) in [6, 6.07) is 13.3. The molecule has 0 saturated heterocycles. The molecule has 4 N–H and O–H groups in total. The second-order valence-electron chi connectivity index (χ2n) is 3.83. The van der Waals surface area contributed by atoms with E-state index in [9.17, 15) is 0 Å². The lowest BCUT2D eigenvalue weighted by Gasteiger charge is -2.13. The number of anilines is 1. The van der Waals surface area contributed by atoms with Crippen molar-refractivity contribution >= 4 is 40.3 Å². The van der Waals surface area contributed by atoms with E-state index in [2.05, 4.69) is 21.5 Å². The molecule has 0 bridgehead atoms. The number of thiocarbonyl (C=S) groups is 2. The Morgan fingerprint density at radius 1 is 0.950 bits per heavy atom. The first kappa shape index (κ1) is 14.3. The highest BCUT2D eigenvalue weighted by atomic mass is 32.1. The Bertz CT molecular complexity index is 557. The van der Waals surface area contributed by atoms with Crippen LogP contribution in [0.5, 0.6) is 0 Å². The van der Waals surface area contributed by atoms with Crippen LogP contribution in [0.15, 0.2) is 53.1 Å². The summed E-state index contributed by atoms with van der Waals surface area (Å²) in [5.41, 5.74) is 6.49. The smallest absolute Gasteiger partial charge is 0.189 e. The van der Waals surface area contributed by atoms with Crippen LogP contribution in [0.2, 0.25) is 0 Å². The van der Waals surface area contributed by atoms with Crippen molar-refractivity contribution in [3.8, 4) is 0 Å². The van der Waals surface area contributed by atoms with Gasteiger partial charge >= 0.3 is 0 Å². The lowest BCUT2D eigenvalue weighted by molar-refractivity contribution is 0.502. The van der Waals surface area contributed by atoms with Gasteiger partial charge in [0, 0.05) is 5.69 Å². The fourth-order valence-electron chi connectivity index (χ4n) is 1.42. The van der Waals surface area contributed by atoms with Crippen LogP contribution in [-0.4, -0.2) is 10.2 Å². The van der Waals surface area contributed by atoms with E-state index >= 15 is 0 Å². The molecule has 1 aromatic heterocycles. The van der Waals surface area contributed by atoms with Crippen molar-refractivity contribution in [1.82, 2.24) is 16.2 Å². The molecule has 0 aliphatic heterocycles.